The molecule has 0 aliphatic rings. The monoisotopic (exact) mass is 466 g/mol. The summed E-state index contributed by atoms with van der Waals surface area (Å²) < 4.78 is 13.9. The topological polar surface area (TPSA) is 92.2 Å². The zero-order valence-corrected chi connectivity index (χ0v) is 18.8. The van der Waals surface area contributed by atoms with E-state index in [-0.39, 0.29) is 24.5 Å². The molecule has 0 saturated heterocycles. The summed E-state index contributed by atoms with van der Waals surface area (Å²) in [5.74, 6) is 1.37. The van der Waals surface area contributed by atoms with E-state index >= 15 is 0 Å². The molecule has 0 aliphatic carbocycles. The molecule has 8 nitrogen and oxygen atoms in total. The van der Waals surface area contributed by atoms with Crippen molar-refractivity contribution in [3.8, 4) is 17.1 Å². The average Bonchev–Trinajstić information content (AvgIpc) is 3.37. The van der Waals surface area contributed by atoms with Crippen LogP contribution in [-0.4, -0.2) is 19.3 Å². The van der Waals surface area contributed by atoms with Gasteiger partial charge in [-0.1, -0.05) is 53.7 Å². The second kappa shape index (κ2) is 9.64. The lowest BCUT2D eigenvalue weighted by Crippen LogP contribution is -2.40. The number of aromatic nitrogens is 4. The summed E-state index contributed by atoms with van der Waals surface area (Å²) in [5.41, 5.74) is 1.51. The SMILES string of the molecule is C=CCn1c(=O)c2ccccc2n(Cc2nc(-c3ccc(OCc4ccccc4)cc3)no2)c1=O. The molecule has 0 aliphatic heterocycles. The van der Waals surface area contributed by atoms with Crippen LogP contribution in [0.1, 0.15) is 11.5 Å². The van der Waals surface area contributed by atoms with Gasteiger partial charge in [-0.3, -0.25) is 13.9 Å². The summed E-state index contributed by atoms with van der Waals surface area (Å²) in [5, 5.41) is 4.50. The highest BCUT2D eigenvalue weighted by atomic mass is 16.5. The van der Waals surface area contributed by atoms with Crippen LogP contribution in [0.4, 0.5) is 0 Å². The van der Waals surface area contributed by atoms with E-state index in [9.17, 15) is 9.59 Å². The van der Waals surface area contributed by atoms with Crippen LogP contribution in [0.5, 0.6) is 5.75 Å². The van der Waals surface area contributed by atoms with Gasteiger partial charge in [0.2, 0.25) is 11.7 Å². The molecule has 0 unspecified atom stereocenters. The predicted molar refractivity (Wildman–Crippen MR) is 132 cm³/mol. The predicted octanol–water partition coefficient (Wildman–Crippen LogP) is 4.03. The molecule has 2 heterocycles. The highest BCUT2D eigenvalue weighted by Crippen LogP contribution is 2.21. The van der Waals surface area contributed by atoms with Crippen LogP contribution in [0.2, 0.25) is 0 Å². The van der Waals surface area contributed by atoms with Crippen molar-refractivity contribution in [3.63, 3.8) is 0 Å². The number of ether oxygens (including phenoxy) is 1. The molecule has 5 aromatic rings. The number of hydrogen-bond donors (Lipinski definition) is 0. The molecule has 0 spiro atoms. The minimum Gasteiger partial charge on any atom is -0.489 e. The summed E-state index contributed by atoms with van der Waals surface area (Å²) in [6, 6.07) is 24.3. The minimum atomic E-state index is -0.465. The number of benzene rings is 3. The van der Waals surface area contributed by atoms with E-state index in [4.69, 9.17) is 9.26 Å². The number of allylic oxidation sites excluding steroid dienone is 1. The standard InChI is InChI=1S/C27H22N4O4/c1-2-16-30-26(32)22-10-6-7-11-23(22)31(27(30)33)17-24-28-25(29-35-24)20-12-14-21(15-13-20)34-18-19-8-4-3-5-9-19/h2-15H,1,16-18H2. The van der Waals surface area contributed by atoms with Crippen molar-refractivity contribution in [1.82, 2.24) is 19.3 Å². The van der Waals surface area contributed by atoms with Gasteiger partial charge in [0.25, 0.3) is 5.56 Å². The smallest absolute Gasteiger partial charge is 0.332 e. The second-order valence-corrected chi connectivity index (χ2v) is 7.90. The summed E-state index contributed by atoms with van der Waals surface area (Å²) in [4.78, 5) is 30.2. The van der Waals surface area contributed by atoms with Crippen LogP contribution in [0.15, 0.2) is 106 Å². The number of nitrogens with zero attached hydrogens (tertiary/aromatic N) is 4. The minimum absolute atomic E-state index is 0.0298. The van der Waals surface area contributed by atoms with Gasteiger partial charge in [0.15, 0.2) is 0 Å². The van der Waals surface area contributed by atoms with Crippen molar-refractivity contribution in [1.29, 1.82) is 0 Å². The summed E-state index contributed by atoms with van der Waals surface area (Å²) >= 11 is 0. The van der Waals surface area contributed by atoms with Crippen molar-refractivity contribution in [2.45, 2.75) is 19.7 Å². The Labute approximate surface area is 200 Å². The van der Waals surface area contributed by atoms with E-state index < -0.39 is 5.69 Å². The maximum atomic E-state index is 13.1. The van der Waals surface area contributed by atoms with Gasteiger partial charge in [0, 0.05) is 12.1 Å². The molecule has 0 fully saturated rings. The van der Waals surface area contributed by atoms with Gasteiger partial charge in [-0.05, 0) is 42.0 Å². The molecule has 0 radical (unpaired) electrons. The largest absolute Gasteiger partial charge is 0.489 e. The molecular formula is C27H22N4O4. The van der Waals surface area contributed by atoms with E-state index in [1.807, 2.05) is 54.6 Å². The van der Waals surface area contributed by atoms with Crippen molar-refractivity contribution >= 4 is 10.9 Å². The molecule has 2 aromatic heterocycles. The van der Waals surface area contributed by atoms with E-state index in [0.717, 1.165) is 21.4 Å². The number of fused-ring (bicyclic) bond motifs is 1. The fourth-order valence-corrected chi connectivity index (χ4v) is 3.83. The van der Waals surface area contributed by atoms with Crippen molar-refractivity contribution in [3.05, 3.63) is 124 Å². The third kappa shape index (κ3) is 4.54. The Balaban J connectivity index is 1.38. The molecule has 174 valence electrons. The van der Waals surface area contributed by atoms with Gasteiger partial charge in [0.1, 0.15) is 18.9 Å². The summed E-state index contributed by atoms with van der Waals surface area (Å²) in [6.45, 7) is 4.26. The Hall–Kier alpha value is -4.72. The molecule has 0 bridgehead atoms. The Morgan fingerprint density at radius 2 is 1.66 bits per heavy atom. The normalized spacial score (nSPS) is 11.0. The lowest BCUT2D eigenvalue weighted by atomic mass is 10.2. The molecule has 0 saturated carbocycles. The van der Waals surface area contributed by atoms with E-state index in [0.29, 0.717) is 23.3 Å². The molecule has 5 rings (SSSR count). The molecule has 0 amide bonds. The van der Waals surface area contributed by atoms with Crippen LogP contribution in [0.3, 0.4) is 0 Å². The lowest BCUT2D eigenvalue weighted by Gasteiger charge is -2.11. The number of rotatable bonds is 8. The third-order valence-corrected chi connectivity index (χ3v) is 5.57. The van der Waals surface area contributed by atoms with Gasteiger partial charge in [-0.15, -0.1) is 6.58 Å². The highest BCUT2D eigenvalue weighted by Gasteiger charge is 2.16. The maximum absolute atomic E-state index is 13.1. The summed E-state index contributed by atoms with van der Waals surface area (Å²) in [7, 11) is 0. The average molecular weight is 466 g/mol. The van der Waals surface area contributed by atoms with Gasteiger partial charge in [-0.25, -0.2) is 4.79 Å². The zero-order chi connectivity index (χ0) is 24.2. The number of hydrogen-bond acceptors (Lipinski definition) is 6. The Kier molecular flexibility index (Phi) is 6.09. The second-order valence-electron chi connectivity index (χ2n) is 7.90. The Morgan fingerprint density at radius 1 is 0.914 bits per heavy atom. The zero-order valence-electron chi connectivity index (χ0n) is 18.8. The van der Waals surface area contributed by atoms with Crippen molar-refractivity contribution < 1.29 is 9.26 Å². The van der Waals surface area contributed by atoms with Crippen LogP contribution in [0, 0.1) is 0 Å². The maximum Gasteiger partial charge on any atom is 0.332 e. The third-order valence-electron chi connectivity index (χ3n) is 5.57. The van der Waals surface area contributed by atoms with Crippen LogP contribution < -0.4 is 16.0 Å². The lowest BCUT2D eigenvalue weighted by molar-refractivity contribution is 0.306. The van der Waals surface area contributed by atoms with Crippen LogP contribution in [-0.2, 0) is 19.7 Å². The molecule has 8 heteroatoms. The fraction of sp³-hybridized carbons (Fsp3) is 0.111. The highest BCUT2D eigenvalue weighted by molar-refractivity contribution is 5.77. The first-order valence-corrected chi connectivity index (χ1v) is 11.1. The molecule has 35 heavy (non-hydrogen) atoms. The Morgan fingerprint density at radius 3 is 2.43 bits per heavy atom. The first kappa shape index (κ1) is 22.1. The van der Waals surface area contributed by atoms with Crippen molar-refractivity contribution in [2.75, 3.05) is 0 Å². The van der Waals surface area contributed by atoms with Crippen LogP contribution in [0.25, 0.3) is 22.3 Å². The first-order valence-electron chi connectivity index (χ1n) is 11.1. The van der Waals surface area contributed by atoms with Gasteiger partial charge < -0.3 is 9.26 Å². The quantitative estimate of drug-likeness (QED) is 0.321. The first-order chi connectivity index (χ1) is 17.1. The van der Waals surface area contributed by atoms with Crippen LogP contribution >= 0.6 is 0 Å². The molecule has 3 aromatic carbocycles. The summed E-state index contributed by atoms with van der Waals surface area (Å²) in [6.07, 6.45) is 1.51. The van der Waals surface area contributed by atoms with E-state index in [1.54, 1.807) is 24.3 Å². The number of para-hydroxylation sites is 1. The molecule has 0 N–H and O–H groups in total. The van der Waals surface area contributed by atoms with Crippen molar-refractivity contribution in [2.24, 2.45) is 0 Å². The molecular weight excluding hydrogens is 444 g/mol. The fourth-order valence-electron chi connectivity index (χ4n) is 3.83. The van der Waals surface area contributed by atoms with E-state index in [1.165, 1.54) is 10.6 Å². The van der Waals surface area contributed by atoms with Gasteiger partial charge in [0.05, 0.1) is 10.9 Å². The van der Waals surface area contributed by atoms with E-state index in [2.05, 4.69) is 16.7 Å². The Bertz CT molecular complexity index is 1600. The van der Waals surface area contributed by atoms with Gasteiger partial charge >= 0.3 is 5.69 Å². The molecule has 0 atom stereocenters. The van der Waals surface area contributed by atoms with Gasteiger partial charge in [-0.2, -0.15) is 4.98 Å².